The third-order valence-corrected chi connectivity index (χ3v) is 5.02. The first-order valence-corrected chi connectivity index (χ1v) is 8.58. The van der Waals surface area contributed by atoms with Crippen LogP contribution in [0.25, 0.3) is 0 Å². The van der Waals surface area contributed by atoms with Gasteiger partial charge in [0.1, 0.15) is 12.3 Å². The molecule has 6 nitrogen and oxygen atoms in total. The molecule has 1 atom stereocenters. The van der Waals surface area contributed by atoms with E-state index in [1.54, 1.807) is 6.92 Å². The molecule has 0 radical (unpaired) electrons. The Morgan fingerprint density at radius 1 is 1.24 bits per heavy atom. The molecule has 2 aliphatic heterocycles. The maximum absolute atomic E-state index is 13.2. The van der Waals surface area contributed by atoms with E-state index in [-0.39, 0.29) is 28.5 Å². The molecule has 6 heteroatoms. The van der Waals surface area contributed by atoms with Crippen molar-refractivity contribution in [3.8, 4) is 0 Å². The Morgan fingerprint density at radius 2 is 1.96 bits per heavy atom. The SMILES string of the molecule is CCCCn1c2c(c(C)cc1=O)C(=O)C1=C(NC3(C=C1C)CO3)C2=O. The van der Waals surface area contributed by atoms with Gasteiger partial charge in [0.2, 0.25) is 5.78 Å². The molecule has 3 heterocycles. The van der Waals surface area contributed by atoms with E-state index in [1.807, 2.05) is 19.9 Å². The number of epoxide rings is 1. The van der Waals surface area contributed by atoms with Gasteiger partial charge in [-0.05, 0) is 37.5 Å². The molecule has 1 unspecified atom stereocenters. The lowest BCUT2D eigenvalue weighted by Gasteiger charge is -2.30. The van der Waals surface area contributed by atoms with Gasteiger partial charge in [-0.2, -0.15) is 0 Å². The fourth-order valence-corrected chi connectivity index (χ4v) is 3.70. The van der Waals surface area contributed by atoms with Gasteiger partial charge in [0.25, 0.3) is 5.56 Å². The number of ether oxygens (including phenoxy) is 1. The molecule has 4 rings (SSSR count). The Hall–Kier alpha value is -2.47. The quantitative estimate of drug-likeness (QED) is 0.850. The highest BCUT2D eigenvalue weighted by Gasteiger charge is 2.50. The van der Waals surface area contributed by atoms with Gasteiger partial charge in [-0.25, -0.2) is 0 Å². The highest BCUT2D eigenvalue weighted by atomic mass is 16.6. The van der Waals surface area contributed by atoms with Gasteiger partial charge in [-0.15, -0.1) is 0 Å². The van der Waals surface area contributed by atoms with Gasteiger partial charge in [0.05, 0.1) is 16.8 Å². The number of ketones is 2. The summed E-state index contributed by atoms with van der Waals surface area (Å²) in [6.45, 7) is 6.44. The molecule has 1 saturated heterocycles. The number of nitrogens with one attached hydrogen (secondary N) is 1. The van der Waals surface area contributed by atoms with E-state index in [9.17, 15) is 14.4 Å². The highest BCUT2D eigenvalue weighted by Crippen LogP contribution is 2.39. The summed E-state index contributed by atoms with van der Waals surface area (Å²) in [6, 6.07) is 1.45. The number of hydrogen-bond donors (Lipinski definition) is 1. The van der Waals surface area contributed by atoms with E-state index in [0.29, 0.717) is 29.9 Å². The highest BCUT2D eigenvalue weighted by molar-refractivity contribution is 6.28. The molecule has 0 aromatic carbocycles. The molecule has 1 N–H and O–H groups in total. The number of rotatable bonds is 3. The van der Waals surface area contributed by atoms with Crippen LogP contribution < -0.4 is 10.9 Å². The minimum Gasteiger partial charge on any atom is -0.349 e. The van der Waals surface area contributed by atoms with E-state index < -0.39 is 5.72 Å². The largest absolute Gasteiger partial charge is 0.349 e. The molecular formula is C19H20N2O4. The molecule has 1 aromatic rings. The number of allylic oxidation sites excluding steroid dienone is 3. The predicted molar refractivity (Wildman–Crippen MR) is 91.6 cm³/mol. The van der Waals surface area contributed by atoms with Crippen molar-refractivity contribution >= 4 is 11.6 Å². The first-order chi connectivity index (χ1) is 11.9. The summed E-state index contributed by atoms with van der Waals surface area (Å²) in [5.41, 5.74) is 1.58. The van der Waals surface area contributed by atoms with Crippen LogP contribution in [0.2, 0.25) is 0 Å². The Labute approximate surface area is 145 Å². The fourth-order valence-electron chi connectivity index (χ4n) is 3.70. The zero-order valence-corrected chi connectivity index (χ0v) is 14.6. The average Bonchev–Trinajstić information content (AvgIpc) is 3.29. The van der Waals surface area contributed by atoms with Gasteiger partial charge in [0, 0.05) is 12.6 Å². The third kappa shape index (κ3) is 2.24. The Kier molecular flexibility index (Phi) is 3.37. The minimum atomic E-state index is -0.672. The predicted octanol–water partition coefficient (Wildman–Crippen LogP) is 1.87. The number of carbonyl (C=O) groups excluding carboxylic acids is 2. The van der Waals surface area contributed by atoms with Crippen molar-refractivity contribution in [1.82, 2.24) is 9.88 Å². The van der Waals surface area contributed by atoms with Crippen LogP contribution in [0, 0.1) is 6.92 Å². The minimum absolute atomic E-state index is 0.205. The lowest BCUT2D eigenvalue weighted by molar-refractivity contribution is 0.0952. The lowest BCUT2D eigenvalue weighted by Crippen LogP contribution is -2.44. The monoisotopic (exact) mass is 340 g/mol. The summed E-state index contributed by atoms with van der Waals surface area (Å²) >= 11 is 0. The maximum atomic E-state index is 13.2. The van der Waals surface area contributed by atoms with Crippen LogP contribution in [0.4, 0.5) is 0 Å². The summed E-state index contributed by atoms with van der Waals surface area (Å²) < 4.78 is 6.87. The number of aryl methyl sites for hydroxylation is 1. The van der Waals surface area contributed by atoms with Gasteiger partial charge < -0.3 is 14.6 Å². The number of fused-ring (bicyclic) bond motifs is 1. The van der Waals surface area contributed by atoms with Crippen LogP contribution in [0.15, 0.2) is 33.8 Å². The molecule has 0 amide bonds. The number of pyridine rings is 1. The lowest BCUT2D eigenvalue weighted by atomic mass is 9.82. The number of carbonyl (C=O) groups is 2. The normalized spacial score (nSPS) is 24.0. The van der Waals surface area contributed by atoms with Crippen LogP contribution in [0.5, 0.6) is 0 Å². The molecule has 1 spiro atoms. The van der Waals surface area contributed by atoms with Crippen molar-refractivity contribution < 1.29 is 14.3 Å². The average molecular weight is 340 g/mol. The van der Waals surface area contributed by atoms with Crippen LogP contribution in [-0.4, -0.2) is 28.5 Å². The molecular weight excluding hydrogens is 320 g/mol. The van der Waals surface area contributed by atoms with Crippen LogP contribution in [0.3, 0.4) is 0 Å². The van der Waals surface area contributed by atoms with Gasteiger partial charge in [-0.3, -0.25) is 14.4 Å². The van der Waals surface area contributed by atoms with E-state index in [4.69, 9.17) is 4.74 Å². The second-order valence-electron chi connectivity index (χ2n) is 6.93. The van der Waals surface area contributed by atoms with Crippen LogP contribution in [-0.2, 0) is 11.3 Å². The maximum Gasteiger partial charge on any atom is 0.251 e. The Balaban J connectivity index is 1.94. The molecule has 1 aliphatic carbocycles. The van der Waals surface area contributed by atoms with Crippen molar-refractivity contribution in [1.29, 1.82) is 0 Å². The number of hydrogen-bond acceptors (Lipinski definition) is 5. The second-order valence-corrected chi connectivity index (χ2v) is 6.93. The Bertz CT molecular complexity index is 945. The molecule has 1 aromatic heterocycles. The summed E-state index contributed by atoms with van der Waals surface area (Å²) in [5.74, 6) is -0.507. The number of Topliss-reactive ketones (excluding diaryl/α,β-unsaturated/α-hetero) is 2. The van der Waals surface area contributed by atoms with E-state index in [2.05, 4.69) is 5.32 Å². The van der Waals surface area contributed by atoms with Crippen molar-refractivity contribution in [3.63, 3.8) is 0 Å². The van der Waals surface area contributed by atoms with E-state index in [0.717, 1.165) is 18.4 Å². The third-order valence-electron chi connectivity index (χ3n) is 5.02. The number of unbranched alkanes of at least 4 members (excludes halogenated alkanes) is 1. The Morgan fingerprint density at radius 3 is 2.60 bits per heavy atom. The molecule has 0 saturated carbocycles. The zero-order valence-electron chi connectivity index (χ0n) is 14.6. The molecule has 1 fully saturated rings. The number of aromatic nitrogens is 1. The van der Waals surface area contributed by atoms with Gasteiger partial charge >= 0.3 is 0 Å². The van der Waals surface area contributed by atoms with Crippen molar-refractivity contribution in [2.75, 3.05) is 6.61 Å². The molecule has 130 valence electrons. The summed E-state index contributed by atoms with van der Waals surface area (Å²) in [4.78, 5) is 38.8. The van der Waals surface area contributed by atoms with E-state index in [1.165, 1.54) is 10.6 Å². The van der Waals surface area contributed by atoms with Gasteiger partial charge in [-0.1, -0.05) is 13.3 Å². The number of nitrogens with zero attached hydrogens (tertiary/aromatic N) is 1. The fraction of sp³-hybridized carbons (Fsp3) is 0.421. The first-order valence-electron chi connectivity index (χ1n) is 8.58. The smallest absolute Gasteiger partial charge is 0.251 e. The van der Waals surface area contributed by atoms with Crippen molar-refractivity contribution in [2.24, 2.45) is 0 Å². The first kappa shape index (κ1) is 16.0. The molecule has 25 heavy (non-hydrogen) atoms. The van der Waals surface area contributed by atoms with Gasteiger partial charge in [0.15, 0.2) is 11.5 Å². The summed E-state index contributed by atoms with van der Waals surface area (Å²) in [6.07, 6.45) is 3.51. The molecule has 3 aliphatic rings. The number of dihydropyridines is 1. The van der Waals surface area contributed by atoms with E-state index >= 15 is 0 Å². The van der Waals surface area contributed by atoms with Crippen LogP contribution in [0.1, 0.15) is 53.1 Å². The second kappa shape index (κ2) is 5.26. The van der Waals surface area contributed by atoms with Crippen LogP contribution >= 0.6 is 0 Å². The van der Waals surface area contributed by atoms with Crippen molar-refractivity contribution in [3.05, 3.63) is 56.2 Å². The zero-order chi connectivity index (χ0) is 17.9. The molecule has 0 bridgehead atoms. The summed E-state index contributed by atoms with van der Waals surface area (Å²) in [7, 11) is 0. The topological polar surface area (TPSA) is 80.7 Å². The standard InChI is InChI=1S/C19H20N2O4/c1-4-5-6-21-12(22)7-10(2)14-16(21)18(24)15-13(17(14)23)11(3)8-19(20-15)9-25-19/h7-8,20H,4-6,9H2,1-3H3. The summed E-state index contributed by atoms with van der Waals surface area (Å²) in [5, 5.41) is 3.07. The van der Waals surface area contributed by atoms with Crippen molar-refractivity contribution in [2.45, 2.75) is 45.9 Å².